The molecule has 5 nitrogen and oxygen atoms in total. The Hall–Kier alpha value is -0.810. The molecule has 5 heteroatoms. The number of rotatable bonds is 2. The maximum Gasteiger partial charge on any atom is 0.409 e. The summed E-state index contributed by atoms with van der Waals surface area (Å²) in [7, 11) is 3.52. The van der Waals surface area contributed by atoms with Crippen LogP contribution in [0.25, 0.3) is 0 Å². The van der Waals surface area contributed by atoms with E-state index < -0.39 is 11.9 Å². The lowest BCUT2D eigenvalue weighted by atomic mass is 10.2. The number of nitrogens with zero attached hydrogens (tertiary/aromatic N) is 1. The van der Waals surface area contributed by atoms with Gasteiger partial charge in [-0.3, -0.25) is 15.5 Å². The van der Waals surface area contributed by atoms with Gasteiger partial charge in [-0.05, 0) is 20.5 Å². The minimum atomic E-state index is -0.879. The molecule has 0 aromatic heterocycles. The minimum Gasteiger partial charge on any atom is -0.465 e. The molecule has 0 unspecified atom stereocenters. The molecule has 1 saturated heterocycles. The minimum absolute atomic E-state index is 0.550. The molecule has 0 atom stereocenters. The molecule has 1 rings (SSSR count). The van der Waals surface area contributed by atoms with E-state index in [1.165, 1.54) is 4.90 Å². The number of hydrogen-bond donors (Lipinski definition) is 3. The summed E-state index contributed by atoms with van der Waals surface area (Å²) in [5.74, 6) is -0.550. The van der Waals surface area contributed by atoms with Crippen molar-refractivity contribution in [2.45, 2.75) is 18.6 Å². The largest absolute Gasteiger partial charge is 0.465 e. The average molecular weight is 173 g/mol. The second kappa shape index (κ2) is 3.28. The third-order valence-corrected chi connectivity index (χ3v) is 2.44. The molecule has 1 aliphatic rings. The summed E-state index contributed by atoms with van der Waals surface area (Å²) in [6.45, 7) is 0.594. The van der Waals surface area contributed by atoms with Crippen molar-refractivity contribution in [3.8, 4) is 0 Å². The first kappa shape index (κ1) is 9.28. The monoisotopic (exact) mass is 173 g/mol. The number of likely N-dealkylation sites (tertiary alicyclic amines) is 1. The molecule has 3 N–H and O–H groups in total. The number of amides is 1. The molecule has 0 aromatic carbocycles. The molecule has 0 radical (unpaired) electrons. The Morgan fingerprint density at radius 3 is 2.42 bits per heavy atom. The summed E-state index contributed by atoms with van der Waals surface area (Å²) in [4.78, 5) is 12.2. The zero-order valence-corrected chi connectivity index (χ0v) is 7.42. The lowest BCUT2D eigenvalue weighted by Crippen LogP contribution is -2.63. The number of nitrogens with one attached hydrogen (secondary N) is 2. The summed E-state index contributed by atoms with van der Waals surface area (Å²) >= 11 is 0. The van der Waals surface area contributed by atoms with Gasteiger partial charge in [0.25, 0.3) is 0 Å². The van der Waals surface area contributed by atoms with Crippen LogP contribution >= 0.6 is 0 Å². The smallest absolute Gasteiger partial charge is 0.409 e. The van der Waals surface area contributed by atoms with Crippen molar-refractivity contribution in [2.75, 3.05) is 20.6 Å². The van der Waals surface area contributed by atoms with E-state index in [-0.39, 0.29) is 0 Å². The van der Waals surface area contributed by atoms with E-state index in [1.54, 1.807) is 14.1 Å². The highest BCUT2D eigenvalue weighted by Gasteiger charge is 2.41. The lowest BCUT2D eigenvalue weighted by molar-refractivity contribution is 0.0701. The maximum atomic E-state index is 10.8. The Morgan fingerprint density at radius 2 is 2.08 bits per heavy atom. The van der Waals surface area contributed by atoms with Crippen molar-refractivity contribution in [3.63, 3.8) is 0 Å². The molecule has 1 amide bonds. The van der Waals surface area contributed by atoms with Crippen LogP contribution in [-0.4, -0.2) is 42.5 Å². The van der Waals surface area contributed by atoms with Gasteiger partial charge in [-0.25, -0.2) is 4.79 Å². The van der Waals surface area contributed by atoms with Crippen molar-refractivity contribution >= 4 is 6.09 Å². The zero-order valence-electron chi connectivity index (χ0n) is 7.42. The van der Waals surface area contributed by atoms with E-state index in [1.807, 2.05) is 0 Å². The van der Waals surface area contributed by atoms with E-state index in [2.05, 4.69) is 10.6 Å². The summed E-state index contributed by atoms with van der Waals surface area (Å²) in [6, 6.07) is 0. The SMILES string of the molecule is CNC1(NC)CCCN1C(=O)O. The summed E-state index contributed by atoms with van der Waals surface area (Å²) in [6.07, 6.45) is 0.830. The highest BCUT2D eigenvalue weighted by atomic mass is 16.4. The van der Waals surface area contributed by atoms with Crippen molar-refractivity contribution in [2.24, 2.45) is 0 Å². The quantitative estimate of drug-likeness (QED) is 0.508. The fourth-order valence-electron chi connectivity index (χ4n) is 1.72. The Bertz CT molecular complexity index is 179. The van der Waals surface area contributed by atoms with E-state index in [0.29, 0.717) is 6.54 Å². The third-order valence-electron chi connectivity index (χ3n) is 2.44. The number of carbonyl (C=O) groups is 1. The predicted octanol–water partition coefficient (Wildman–Crippen LogP) is -0.147. The van der Waals surface area contributed by atoms with Crippen LogP contribution in [0.3, 0.4) is 0 Å². The first-order valence-corrected chi connectivity index (χ1v) is 4.04. The van der Waals surface area contributed by atoms with Crippen LogP contribution in [0.2, 0.25) is 0 Å². The van der Waals surface area contributed by atoms with Crippen LogP contribution in [0.1, 0.15) is 12.8 Å². The van der Waals surface area contributed by atoms with Crippen LogP contribution in [-0.2, 0) is 0 Å². The van der Waals surface area contributed by atoms with Gasteiger partial charge in [0.1, 0.15) is 0 Å². The first-order valence-electron chi connectivity index (χ1n) is 4.04. The van der Waals surface area contributed by atoms with Gasteiger partial charge in [-0.1, -0.05) is 0 Å². The molecule has 0 saturated carbocycles. The van der Waals surface area contributed by atoms with Crippen LogP contribution in [0.15, 0.2) is 0 Å². The van der Waals surface area contributed by atoms with Gasteiger partial charge in [0.15, 0.2) is 5.79 Å². The fraction of sp³-hybridized carbons (Fsp3) is 0.857. The summed E-state index contributed by atoms with van der Waals surface area (Å²) < 4.78 is 0. The normalized spacial score (nSPS) is 21.3. The molecule has 1 heterocycles. The molecule has 0 aliphatic carbocycles. The first-order chi connectivity index (χ1) is 5.66. The van der Waals surface area contributed by atoms with Crippen molar-refractivity contribution < 1.29 is 9.90 Å². The van der Waals surface area contributed by atoms with Crippen molar-refractivity contribution in [3.05, 3.63) is 0 Å². The molecule has 1 aliphatic heterocycles. The highest BCUT2D eigenvalue weighted by Crippen LogP contribution is 2.23. The molecule has 70 valence electrons. The Kier molecular flexibility index (Phi) is 2.54. The Morgan fingerprint density at radius 1 is 1.50 bits per heavy atom. The molecule has 0 spiro atoms. The van der Waals surface area contributed by atoms with Crippen LogP contribution in [0, 0.1) is 0 Å². The van der Waals surface area contributed by atoms with Gasteiger partial charge in [-0.2, -0.15) is 0 Å². The molecule has 0 aromatic rings. The number of carboxylic acid groups (broad SMARTS) is 1. The van der Waals surface area contributed by atoms with Crippen LogP contribution in [0.4, 0.5) is 4.79 Å². The summed E-state index contributed by atoms with van der Waals surface area (Å²) in [5.41, 5.74) is 0. The summed E-state index contributed by atoms with van der Waals surface area (Å²) in [5, 5.41) is 14.8. The van der Waals surface area contributed by atoms with E-state index in [9.17, 15) is 4.79 Å². The second-order valence-electron chi connectivity index (χ2n) is 2.90. The molecule has 1 fully saturated rings. The molecular weight excluding hydrogens is 158 g/mol. The van der Waals surface area contributed by atoms with Gasteiger partial charge < -0.3 is 5.11 Å². The predicted molar refractivity (Wildman–Crippen MR) is 44.8 cm³/mol. The average Bonchev–Trinajstić information content (AvgIpc) is 2.48. The molecule has 0 bridgehead atoms. The maximum absolute atomic E-state index is 10.8. The lowest BCUT2D eigenvalue weighted by Gasteiger charge is -2.35. The second-order valence-corrected chi connectivity index (χ2v) is 2.90. The Balaban J connectivity index is 2.78. The Labute approximate surface area is 71.7 Å². The van der Waals surface area contributed by atoms with Gasteiger partial charge in [-0.15, -0.1) is 0 Å². The van der Waals surface area contributed by atoms with Gasteiger partial charge in [0.05, 0.1) is 0 Å². The highest BCUT2D eigenvalue weighted by molar-refractivity contribution is 5.66. The fourth-order valence-corrected chi connectivity index (χ4v) is 1.72. The van der Waals surface area contributed by atoms with Gasteiger partial charge in [0, 0.05) is 13.0 Å². The van der Waals surface area contributed by atoms with Gasteiger partial charge >= 0.3 is 6.09 Å². The van der Waals surface area contributed by atoms with Crippen molar-refractivity contribution in [1.29, 1.82) is 0 Å². The number of hydrogen-bond acceptors (Lipinski definition) is 3. The van der Waals surface area contributed by atoms with Crippen LogP contribution < -0.4 is 10.6 Å². The van der Waals surface area contributed by atoms with E-state index in [4.69, 9.17) is 5.11 Å². The van der Waals surface area contributed by atoms with Crippen molar-refractivity contribution in [1.82, 2.24) is 15.5 Å². The standard InChI is InChI=1S/C7H15N3O2/c1-8-7(9-2)4-3-5-10(7)6(11)12/h8-9H,3-5H2,1-2H3,(H,11,12). The zero-order chi connectivity index (χ0) is 9.19. The third kappa shape index (κ3) is 1.25. The molecular formula is C7H15N3O2. The van der Waals surface area contributed by atoms with E-state index >= 15 is 0 Å². The van der Waals surface area contributed by atoms with Gasteiger partial charge in [0.2, 0.25) is 0 Å². The topological polar surface area (TPSA) is 64.6 Å². The van der Waals surface area contributed by atoms with E-state index in [0.717, 1.165) is 12.8 Å². The van der Waals surface area contributed by atoms with Crippen LogP contribution in [0.5, 0.6) is 0 Å². The molecule has 12 heavy (non-hydrogen) atoms.